The van der Waals surface area contributed by atoms with Crippen LogP contribution in [0.2, 0.25) is 0 Å². The van der Waals surface area contributed by atoms with E-state index in [1.54, 1.807) is 36.4 Å². The Hall–Kier alpha value is -3.56. The molecule has 3 aromatic carbocycles. The van der Waals surface area contributed by atoms with Gasteiger partial charge in [-0.15, -0.1) is 0 Å². The third kappa shape index (κ3) is 8.72. The minimum atomic E-state index is -3.70. The second-order valence-electron chi connectivity index (χ2n) is 10.2. The molecule has 3 aromatic rings. The molecule has 7 nitrogen and oxygen atoms in total. The van der Waals surface area contributed by atoms with E-state index in [-0.39, 0.29) is 55.0 Å². The fraction of sp³-hybridized carbons (Fsp3) is 0.355. The zero-order valence-electron chi connectivity index (χ0n) is 23.3. The van der Waals surface area contributed by atoms with E-state index >= 15 is 0 Å². The Balaban J connectivity index is 1.83. The zero-order valence-corrected chi connectivity index (χ0v) is 24.1. The van der Waals surface area contributed by atoms with Crippen LogP contribution < -0.4 is 5.32 Å². The van der Waals surface area contributed by atoms with Crippen molar-refractivity contribution in [3.8, 4) is 0 Å². The van der Waals surface area contributed by atoms with E-state index in [1.807, 2.05) is 44.2 Å². The van der Waals surface area contributed by atoms with Crippen LogP contribution in [0.5, 0.6) is 0 Å². The van der Waals surface area contributed by atoms with Crippen LogP contribution in [-0.4, -0.2) is 55.6 Å². The summed E-state index contributed by atoms with van der Waals surface area (Å²) >= 11 is 0. The molecule has 0 aliphatic rings. The molecule has 1 unspecified atom stereocenters. The Labute approximate surface area is 237 Å². The quantitative estimate of drug-likeness (QED) is 0.308. The Kier molecular flexibility index (Phi) is 11.4. The average molecular weight is 568 g/mol. The van der Waals surface area contributed by atoms with Crippen LogP contribution in [0, 0.1) is 11.7 Å². The Morgan fingerprint density at radius 3 is 2.12 bits per heavy atom. The fourth-order valence-corrected chi connectivity index (χ4v) is 5.51. The van der Waals surface area contributed by atoms with Gasteiger partial charge in [-0.1, -0.05) is 80.6 Å². The fourth-order valence-electron chi connectivity index (χ4n) is 4.28. The summed E-state index contributed by atoms with van der Waals surface area (Å²) < 4.78 is 41.7. The Morgan fingerprint density at radius 2 is 1.50 bits per heavy atom. The summed E-state index contributed by atoms with van der Waals surface area (Å²) in [4.78, 5) is 28.7. The predicted molar refractivity (Wildman–Crippen MR) is 154 cm³/mol. The summed E-state index contributed by atoms with van der Waals surface area (Å²) in [6, 6.07) is 22.8. The first-order chi connectivity index (χ1) is 19.1. The highest BCUT2D eigenvalue weighted by Crippen LogP contribution is 2.19. The van der Waals surface area contributed by atoms with E-state index in [1.165, 1.54) is 34.5 Å². The molecule has 2 amide bonds. The minimum Gasteiger partial charge on any atom is -0.354 e. The molecule has 0 saturated heterocycles. The van der Waals surface area contributed by atoms with Crippen LogP contribution >= 0.6 is 0 Å². The van der Waals surface area contributed by atoms with Crippen LogP contribution in [-0.2, 0) is 32.6 Å². The molecule has 0 aromatic heterocycles. The van der Waals surface area contributed by atoms with Crippen molar-refractivity contribution >= 4 is 21.8 Å². The van der Waals surface area contributed by atoms with Gasteiger partial charge in [0.2, 0.25) is 21.8 Å². The van der Waals surface area contributed by atoms with Crippen LogP contribution in [0.25, 0.3) is 0 Å². The van der Waals surface area contributed by atoms with Gasteiger partial charge in [-0.3, -0.25) is 9.59 Å². The molecule has 3 rings (SSSR count). The van der Waals surface area contributed by atoms with E-state index in [0.717, 1.165) is 5.56 Å². The summed E-state index contributed by atoms with van der Waals surface area (Å²) in [5.41, 5.74) is 1.17. The van der Waals surface area contributed by atoms with Crippen LogP contribution in [0.1, 0.15) is 37.8 Å². The first-order valence-corrected chi connectivity index (χ1v) is 14.9. The number of hydrogen-bond acceptors (Lipinski definition) is 4. The number of carbonyl (C=O) groups is 2. The summed E-state index contributed by atoms with van der Waals surface area (Å²) in [5, 5.41) is 2.94. The number of halogens is 1. The van der Waals surface area contributed by atoms with Crippen molar-refractivity contribution in [3.05, 3.63) is 102 Å². The molecule has 0 heterocycles. The number of hydrogen-bond donors (Lipinski definition) is 1. The molecule has 0 spiro atoms. The molecule has 9 heteroatoms. The van der Waals surface area contributed by atoms with E-state index in [0.29, 0.717) is 12.1 Å². The molecule has 0 saturated carbocycles. The average Bonchev–Trinajstić information content (AvgIpc) is 2.95. The van der Waals surface area contributed by atoms with Crippen LogP contribution in [0.15, 0.2) is 89.8 Å². The molecule has 40 heavy (non-hydrogen) atoms. The van der Waals surface area contributed by atoms with Crippen molar-refractivity contribution in [1.82, 2.24) is 14.5 Å². The van der Waals surface area contributed by atoms with Crippen molar-refractivity contribution in [2.75, 3.05) is 20.1 Å². The minimum absolute atomic E-state index is 0.00808. The van der Waals surface area contributed by atoms with Crippen molar-refractivity contribution in [2.45, 2.75) is 50.6 Å². The summed E-state index contributed by atoms with van der Waals surface area (Å²) in [7, 11) is -2.23. The summed E-state index contributed by atoms with van der Waals surface area (Å²) in [5.74, 6) is -0.922. The van der Waals surface area contributed by atoms with Gasteiger partial charge in [0, 0.05) is 45.1 Å². The normalized spacial score (nSPS) is 12.3. The third-order valence-electron chi connectivity index (χ3n) is 6.57. The SMILES string of the molecule is CC(C)CNC(=O)C(Cc1ccccc1)N(Cc1ccccc1F)C(=O)CCCN(C)S(=O)(=O)c1ccccc1. The summed E-state index contributed by atoms with van der Waals surface area (Å²) in [6.07, 6.45) is 0.486. The van der Waals surface area contributed by atoms with Crippen molar-refractivity contribution in [1.29, 1.82) is 0 Å². The number of nitrogens with zero attached hydrogens (tertiary/aromatic N) is 2. The van der Waals surface area contributed by atoms with Gasteiger partial charge in [0.05, 0.1) is 4.90 Å². The Bertz CT molecular complexity index is 1350. The highest BCUT2D eigenvalue weighted by atomic mass is 32.2. The molecule has 1 N–H and O–H groups in total. The number of sulfonamides is 1. The summed E-state index contributed by atoms with van der Waals surface area (Å²) in [6.45, 7) is 4.42. The monoisotopic (exact) mass is 567 g/mol. The molecular formula is C31H38FN3O4S. The predicted octanol–water partition coefficient (Wildman–Crippen LogP) is 4.64. The highest BCUT2D eigenvalue weighted by Gasteiger charge is 2.31. The van der Waals surface area contributed by atoms with E-state index in [9.17, 15) is 22.4 Å². The number of carbonyl (C=O) groups excluding carboxylic acids is 2. The van der Waals surface area contributed by atoms with Gasteiger partial charge in [0.1, 0.15) is 11.9 Å². The van der Waals surface area contributed by atoms with Gasteiger partial charge < -0.3 is 10.2 Å². The van der Waals surface area contributed by atoms with E-state index in [2.05, 4.69) is 5.32 Å². The van der Waals surface area contributed by atoms with Gasteiger partial charge >= 0.3 is 0 Å². The zero-order chi connectivity index (χ0) is 29.1. The number of nitrogens with one attached hydrogen (secondary N) is 1. The second-order valence-corrected chi connectivity index (χ2v) is 12.2. The lowest BCUT2D eigenvalue weighted by molar-refractivity contribution is -0.141. The van der Waals surface area contributed by atoms with Crippen LogP contribution in [0.4, 0.5) is 4.39 Å². The highest BCUT2D eigenvalue weighted by molar-refractivity contribution is 7.89. The Morgan fingerprint density at radius 1 is 0.900 bits per heavy atom. The first-order valence-electron chi connectivity index (χ1n) is 13.5. The lowest BCUT2D eigenvalue weighted by atomic mass is 10.0. The lowest BCUT2D eigenvalue weighted by Crippen LogP contribution is -2.51. The van der Waals surface area contributed by atoms with Crippen molar-refractivity contribution in [3.63, 3.8) is 0 Å². The molecule has 1 atom stereocenters. The molecular weight excluding hydrogens is 529 g/mol. The maximum Gasteiger partial charge on any atom is 0.243 e. The van der Waals surface area contributed by atoms with Crippen LogP contribution in [0.3, 0.4) is 0 Å². The van der Waals surface area contributed by atoms with Gasteiger partial charge in [-0.2, -0.15) is 0 Å². The first kappa shape index (κ1) is 31.0. The van der Waals surface area contributed by atoms with Crippen molar-refractivity contribution in [2.24, 2.45) is 5.92 Å². The van der Waals surface area contributed by atoms with Gasteiger partial charge in [0.25, 0.3) is 0 Å². The maximum atomic E-state index is 14.7. The standard InChI is InChI=1S/C31H38FN3O4S/c1-24(2)22-33-31(37)29(21-25-13-6-4-7-14-25)35(23-26-15-10-11-18-28(26)32)30(36)19-12-20-34(3)40(38,39)27-16-8-5-9-17-27/h4-11,13-18,24,29H,12,19-23H2,1-3H3,(H,33,37). The lowest BCUT2D eigenvalue weighted by Gasteiger charge is -2.32. The number of benzene rings is 3. The van der Waals surface area contributed by atoms with Gasteiger partial charge in [-0.25, -0.2) is 17.1 Å². The molecule has 0 aliphatic heterocycles. The van der Waals surface area contributed by atoms with Crippen molar-refractivity contribution < 1.29 is 22.4 Å². The molecule has 0 fully saturated rings. The molecule has 0 aliphatic carbocycles. The molecule has 0 radical (unpaired) electrons. The molecule has 0 bridgehead atoms. The number of amides is 2. The second kappa shape index (κ2) is 14.7. The van der Waals surface area contributed by atoms with E-state index < -0.39 is 21.9 Å². The topological polar surface area (TPSA) is 86.8 Å². The van der Waals surface area contributed by atoms with Gasteiger partial charge in [0.15, 0.2) is 0 Å². The maximum absolute atomic E-state index is 14.7. The smallest absolute Gasteiger partial charge is 0.243 e. The largest absolute Gasteiger partial charge is 0.354 e. The van der Waals surface area contributed by atoms with E-state index in [4.69, 9.17) is 0 Å². The number of rotatable bonds is 14. The third-order valence-corrected chi connectivity index (χ3v) is 8.44. The van der Waals surface area contributed by atoms with Gasteiger partial charge in [-0.05, 0) is 36.1 Å². The molecule has 214 valence electrons.